The number of carbonyl (C=O) groups excluding carboxylic acids is 1. The summed E-state index contributed by atoms with van der Waals surface area (Å²) in [4.78, 5) is 15.7. The van der Waals surface area contributed by atoms with Crippen LogP contribution in [-0.4, -0.2) is 11.3 Å². The van der Waals surface area contributed by atoms with Gasteiger partial charge < -0.3 is 4.79 Å². The van der Waals surface area contributed by atoms with Crippen molar-refractivity contribution in [3.05, 3.63) is 65.0 Å². The molecule has 0 aliphatic rings. The number of hydrogen-bond acceptors (Lipinski definition) is 2. The minimum atomic E-state index is -0.0900. The predicted molar refractivity (Wildman–Crippen MR) is 72.7 cm³/mol. The highest BCUT2D eigenvalue weighted by Gasteiger charge is 2.12. The molecular formula is C16H17NO. The van der Waals surface area contributed by atoms with E-state index in [-0.39, 0.29) is 5.92 Å². The maximum atomic E-state index is 11.3. The highest BCUT2D eigenvalue weighted by molar-refractivity contribution is 5.63. The van der Waals surface area contributed by atoms with E-state index in [1.807, 2.05) is 44.2 Å². The molecule has 0 aliphatic heterocycles. The maximum absolute atomic E-state index is 11.3. The number of aromatic nitrogens is 1. The lowest BCUT2D eigenvalue weighted by atomic mass is 9.93. The molecule has 1 atom stereocenters. The van der Waals surface area contributed by atoms with E-state index in [2.05, 4.69) is 17.1 Å². The van der Waals surface area contributed by atoms with E-state index in [9.17, 15) is 4.79 Å². The van der Waals surface area contributed by atoms with Crippen molar-refractivity contribution < 1.29 is 4.79 Å². The van der Waals surface area contributed by atoms with E-state index < -0.39 is 0 Å². The van der Waals surface area contributed by atoms with Crippen molar-refractivity contribution in [3.8, 4) is 0 Å². The zero-order chi connectivity index (χ0) is 13.0. The summed E-state index contributed by atoms with van der Waals surface area (Å²) >= 11 is 0. The molecule has 0 aliphatic carbocycles. The first kappa shape index (κ1) is 12.5. The topological polar surface area (TPSA) is 30.0 Å². The van der Waals surface area contributed by atoms with Gasteiger partial charge in [0.15, 0.2) is 0 Å². The Bertz CT molecular complexity index is 514. The summed E-state index contributed by atoms with van der Waals surface area (Å²) in [5.74, 6) is -0.0900. The molecule has 0 saturated heterocycles. The highest BCUT2D eigenvalue weighted by Crippen LogP contribution is 2.20. The van der Waals surface area contributed by atoms with Crippen molar-refractivity contribution in [3.63, 3.8) is 0 Å². The summed E-state index contributed by atoms with van der Waals surface area (Å²) < 4.78 is 0. The Labute approximate surface area is 108 Å². The van der Waals surface area contributed by atoms with Crippen LogP contribution in [-0.2, 0) is 11.2 Å². The molecule has 18 heavy (non-hydrogen) atoms. The Morgan fingerprint density at radius 3 is 2.28 bits per heavy atom. The smallest absolute Gasteiger partial charge is 0.127 e. The number of aryl methyl sites for hydroxylation is 2. The van der Waals surface area contributed by atoms with Gasteiger partial charge in [-0.15, -0.1) is 0 Å². The van der Waals surface area contributed by atoms with Crippen LogP contribution in [0.5, 0.6) is 0 Å². The minimum Gasteiger partial charge on any atom is -0.303 e. The third-order valence-corrected chi connectivity index (χ3v) is 2.99. The molecule has 2 nitrogen and oxygen atoms in total. The Balaban J connectivity index is 2.25. The SMILES string of the molecule is Cc1cc(C(C=O)Cc2ccccc2)cc(C)n1. The van der Waals surface area contributed by atoms with Crippen LogP contribution in [0.3, 0.4) is 0 Å². The van der Waals surface area contributed by atoms with Crippen molar-refractivity contribution in [2.24, 2.45) is 0 Å². The fourth-order valence-corrected chi connectivity index (χ4v) is 2.19. The van der Waals surface area contributed by atoms with Crippen LogP contribution in [0.2, 0.25) is 0 Å². The van der Waals surface area contributed by atoms with E-state index >= 15 is 0 Å². The van der Waals surface area contributed by atoms with Gasteiger partial charge in [0.2, 0.25) is 0 Å². The first-order valence-corrected chi connectivity index (χ1v) is 6.13. The van der Waals surface area contributed by atoms with Crippen LogP contribution >= 0.6 is 0 Å². The maximum Gasteiger partial charge on any atom is 0.127 e. The molecule has 0 radical (unpaired) electrons. The molecule has 1 aromatic carbocycles. The molecule has 0 spiro atoms. The summed E-state index contributed by atoms with van der Waals surface area (Å²) in [7, 11) is 0. The van der Waals surface area contributed by atoms with Gasteiger partial charge in [-0.1, -0.05) is 30.3 Å². The normalized spacial score (nSPS) is 12.1. The molecule has 92 valence electrons. The second-order valence-corrected chi connectivity index (χ2v) is 4.62. The van der Waals surface area contributed by atoms with Gasteiger partial charge in [-0.05, 0) is 43.5 Å². The van der Waals surface area contributed by atoms with Crippen LogP contribution in [0.1, 0.15) is 28.4 Å². The van der Waals surface area contributed by atoms with Gasteiger partial charge in [0.25, 0.3) is 0 Å². The summed E-state index contributed by atoms with van der Waals surface area (Å²) in [6.45, 7) is 3.92. The van der Waals surface area contributed by atoms with E-state index in [0.29, 0.717) is 0 Å². The zero-order valence-corrected chi connectivity index (χ0v) is 10.8. The van der Waals surface area contributed by atoms with Crippen molar-refractivity contribution >= 4 is 6.29 Å². The van der Waals surface area contributed by atoms with E-state index in [1.165, 1.54) is 5.56 Å². The first-order valence-electron chi connectivity index (χ1n) is 6.13. The Morgan fingerprint density at radius 1 is 1.11 bits per heavy atom. The number of rotatable bonds is 4. The third kappa shape index (κ3) is 3.04. The van der Waals surface area contributed by atoms with Gasteiger partial charge in [-0.25, -0.2) is 0 Å². The predicted octanol–water partition coefficient (Wildman–Crippen LogP) is 3.22. The molecule has 2 heteroatoms. The Hall–Kier alpha value is -1.96. The van der Waals surface area contributed by atoms with Gasteiger partial charge in [0.05, 0.1) is 0 Å². The van der Waals surface area contributed by atoms with Crippen molar-refractivity contribution in [2.75, 3.05) is 0 Å². The van der Waals surface area contributed by atoms with E-state index in [4.69, 9.17) is 0 Å². The summed E-state index contributed by atoms with van der Waals surface area (Å²) in [5, 5.41) is 0. The molecule has 0 N–H and O–H groups in total. The second kappa shape index (κ2) is 5.58. The fourth-order valence-electron chi connectivity index (χ4n) is 2.19. The van der Waals surface area contributed by atoms with Gasteiger partial charge in [-0.2, -0.15) is 0 Å². The van der Waals surface area contributed by atoms with Gasteiger partial charge >= 0.3 is 0 Å². The standard InChI is InChI=1S/C16H17NO/c1-12-8-15(9-13(2)17-12)16(11-18)10-14-6-4-3-5-7-14/h3-9,11,16H,10H2,1-2H3. The van der Waals surface area contributed by atoms with Crippen LogP contribution in [0.15, 0.2) is 42.5 Å². The molecular weight excluding hydrogens is 222 g/mol. The summed E-state index contributed by atoms with van der Waals surface area (Å²) in [6, 6.07) is 14.1. The monoisotopic (exact) mass is 239 g/mol. The fraction of sp³-hybridized carbons (Fsp3) is 0.250. The quantitative estimate of drug-likeness (QED) is 0.767. The van der Waals surface area contributed by atoms with Gasteiger partial charge in [-0.3, -0.25) is 4.98 Å². The third-order valence-electron chi connectivity index (χ3n) is 2.99. The average Bonchev–Trinajstić information content (AvgIpc) is 2.36. The number of aldehydes is 1. The molecule has 0 saturated carbocycles. The lowest BCUT2D eigenvalue weighted by molar-refractivity contribution is -0.109. The molecule has 0 bridgehead atoms. The van der Waals surface area contributed by atoms with Crippen LogP contribution in [0.4, 0.5) is 0 Å². The van der Waals surface area contributed by atoms with Crippen molar-refractivity contribution in [1.82, 2.24) is 4.98 Å². The number of nitrogens with zero attached hydrogens (tertiary/aromatic N) is 1. The van der Waals surface area contributed by atoms with Crippen molar-refractivity contribution in [1.29, 1.82) is 0 Å². The lowest BCUT2D eigenvalue weighted by Crippen LogP contribution is -2.06. The number of hydrogen-bond donors (Lipinski definition) is 0. The minimum absolute atomic E-state index is 0.0900. The average molecular weight is 239 g/mol. The highest BCUT2D eigenvalue weighted by atomic mass is 16.1. The van der Waals surface area contributed by atoms with E-state index in [0.717, 1.165) is 29.7 Å². The zero-order valence-electron chi connectivity index (χ0n) is 10.8. The van der Waals surface area contributed by atoms with E-state index in [1.54, 1.807) is 0 Å². The molecule has 1 aromatic heterocycles. The Kier molecular flexibility index (Phi) is 3.88. The van der Waals surface area contributed by atoms with Crippen LogP contribution < -0.4 is 0 Å². The van der Waals surface area contributed by atoms with Gasteiger partial charge in [0, 0.05) is 17.3 Å². The second-order valence-electron chi connectivity index (χ2n) is 4.62. The molecule has 0 amide bonds. The summed E-state index contributed by atoms with van der Waals surface area (Å²) in [6.07, 6.45) is 1.77. The number of benzene rings is 1. The molecule has 0 fully saturated rings. The first-order chi connectivity index (χ1) is 8.69. The van der Waals surface area contributed by atoms with Crippen LogP contribution in [0, 0.1) is 13.8 Å². The van der Waals surface area contributed by atoms with Crippen molar-refractivity contribution in [2.45, 2.75) is 26.2 Å². The van der Waals surface area contributed by atoms with Gasteiger partial charge in [0.1, 0.15) is 6.29 Å². The number of pyridine rings is 1. The summed E-state index contributed by atoms with van der Waals surface area (Å²) in [5.41, 5.74) is 4.16. The molecule has 2 aromatic rings. The molecule has 1 heterocycles. The number of carbonyl (C=O) groups is 1. The molecule has 2 rings (SSSR count). The van der Waals surface area contributed by atoms with Crippen LogP contribution in [0.25, 0.3) is 0 Å². The Morgan fingerprint density at radius 2 is 1.72 bits per heavy atom. The largest absolute Gasteiger partial charge is 0.303 e. The lowest BCUT2D eigenvalue weighted by Gasteiger charge is -2.12. The molecule has 1 unspecified atom stereocenters.